The van der Waals surface area contributed by atoms with Crippen LogP contribution in [0.1, 0.15) is 42.0 Å². The molecule has 0 bridgehead atoms. The number of carbonyl (C=O) groups is 2. The van der Waals surface area contributed by atoms with Crippen LogP contribution in [0.25, 0.3) is 5.57 Å². The molecule has 0 N–H and O–H groups in total. The van der Waals surface area contributed by atoms with Crippen molar-refractivity contribution in [2.45, 2.75) is 33.6 Å². The van der Waals surface area contributed by atoms with Crippen LogP contribution in [0, 0.1) is 13.8 Å². The lowest BCUT2D eigenvalue weighted by Crippen LogP contribution is -2.31. The molecule has 1 aliphatic rings. The van der Waals surface area contributed by atoms with Gasteiger partial charge in [-0.05, 0) is 54.2 Å². The number of hydrogen-bond acceptors (Lipinski definition) is 2. The maximum Gasteiger partial charge on any atom is 0.277 e. The Balaban J connectivity index is 2.00. The monoisotopic (exact) mass is 353 g/mol. The first-order valence-electron chi connectivity index (χ1n) is 8.27. The van der Waals surface area contributed by atoms with Crippen LogP contribution in [0.15, 0.2) is 47.5 Å². The molecule has 0 aromatic heterocycles. The molecule has 0 radical (unpaired) electrons. The van der Waals surface area contributed by atoms with Crippen molar-refractivity contribution in [2.75, 3.05) is 4.90 Å². The Morgan fingerprint density at radius 2 is 1.52 bits per heavy atom. The van der Waals surface area contributed by atoms with Gasteiger partial charge in [0, 0.05) is 0 Å². The van der Waals surface area contributed by atoms with Gasteiger partial charge in [0.15, 0.2) is 0 Å². The van der Waals surface area contributed by atoms with Gasteiger partial charge in [0.25, 0.3) is 11.8 Å². The van der Waals surface area contributed by atoms with Crippen LogP contribution in [0.4, 0.5) is 5.69 Å². The van der Waals surface area contributed by atoms with Crippen LogP contribution in [0.2, 0.25) is 0 Å². The molecule has 25 heavy (non-hydrogen) atoms. The molecular formula is C21H20ClNO2. The molecule has 0 saturated heterocycles. The summed E-state index contributed by atoms with van der Waals surface area (Å²) in [7, 11) is 0. The van der Waals surface area contributed by atoms with Crippen molar-refractivity contribution in [3.63, 3.8) is 0 Å². The van der Waals surface area contributed by atoms with Crippen LogP contribution >= 0.6 is 11.6 Å². The average Bonchev–Trinajstić information content (AvgIpc) is 2.80. The third-order valence-corrected chi connectivity index (χ3v) is 4.99. The highest BCUT2D eigenvalue weighted by atomic mass is 35.5. The normalized spacial score (nSPS) is 14.9. The summed E-state index contributed by atoms with van der Waals surface area (Å²) in [5.41, 5.74) is 4.80. The van der Waals surface area contributed by atoms with E-state index >= 15 is 0 Å². The van der Waals surface area contributed by atoms with Gasteiger partial charge in [0.2, 0.25) is 0 Å². The molecule has 0 aliphatic carbocycles. The van der Waals surface area contributed by atoms with Crippen molar-refractivity contribution in [3.05, 3.63) is 69.8 Å². The molecule has 2 amide bonds. The Morgan fingerprint density at radius 1 is 0.880 bits per heavy atom. The van der Waals surface area contributed by atoms with E-state index in [1.807, 2.05) is 44.2 Å². The maximum atomic E-state index is 12.9. The molecule has 4 heteroatoms. The highest BCUT2D eigenvalue weighted by molar-refractivity contribution is 6.60. The molecule has 1 heterocycles. The first-order valence-corrected chi connectivity index (χ1v) is 8.65. The van der Waals surface area contributed by atoms with Crippen LogP contribution < -0.4 is 4.90 Å². The largest absolute Gasteiger partial charge is 0.277 e. The standard InChI is InChI=1S/C21H20ClNO2/c1-12(2)15-7-9-17(10-8-15)23-20(24)18(19(22)21(23)25)16-6-5-13(3)14(4)11-16/h5-12H,1-4H3. The lowest BCUT2D eigenvalue weighted by atomic mass is 10.0. The minimum atomic E-state index is -0.475. The van der Waals surface area contributed by atoms with E-state index < -0.39 is 5.91 Å². The van der Waals surface area contributed by atoms with Gasteiger partial charge in [-0.15, -0.1) is 0 Å². The maximum absolute atomic E-state index is 12.9. The van der Waals surface area contributed by atoms with E-state index in [9.17, 15) is 9.59 Å². The van der Waals surface area contributed by atoms with E-state index in [2.05, 4.69) is 13.8 Å². The van der Waals surface area contributed by atoms with Crippen molar-refractivity contribution < 1.29 is 9.59 Å². The Bertz CT molecular complexity index is 895. The Morgan fingerprint density at radius 3 is 2.08 bits per heavy atom. The molecule has 0 atom stereocenters. The van der Waals surface area contributed by atoms with Crippen LogP contribution in [-0.2, 0) is 9.59 Å². The number of amides is 2. The van der Waals surface area contributed by atoms with Gasteiger partial charge in [0.1, 0.15) is 5.03 Å². The smallest absolute Gasteiger partial charge is 0.268 e. The first-order chi connectivity index (χ1) is 11.8. The molecule has 0 spiro atoms. The molecule has 1 aliphatic heterocycles. The molecule has 3 rings (SSSR count). The van der Waals surface area contributed by atoms with Crippen molar-refractivity contribution in [2.24, 2.45) is 0 Å². The van der Waals surface area contributed by atoms with E-state index in [1.54, 1.807) is 12.1 Å². The Kier molecular flexibility index (Phi) is 4.53. The van der Waals surface area contributed by atoms with Crippen LogP contribution in [-0.4, -0.2) is 11.8 Å². The zero-order valence-electron chi connectivity index (χ0n) is 14.8. The van der Waals surface area contributed by atoms with Crippen molar-refractivity contribution >= 4 is 34.7 Å². The highest BCUT2D eigenvalue weighted by Gasteiger charge is 2.39. The van der Waals surface area contributed by atoms with Gasteiger partial charge in [0.05, 0.1) is 11.3 Å². The second kappa shape index (κ2) is 6.49. The van der Waals surface area contributed by atoms with Crippen molar-refractivity contribution in [1.82, 2.24) is 0 Å². The fourth-order valence-corrected chi connectivity index (χ4v) is 3.17. The van der Waals surface area contributed by atoms with E-state index in [-0.39, 0.29) is 16.5 Å². The van der Waals surface area contributed by atoms with E-state index in [0.29, 0.717) is 17.2 Å². The number of imide groups is 1. The number of nitrogens with zero attached hydrogens (tertiary/aromatic N) is 1. The fourth-order valence-electron chi connectivity index (χ4n) is 2.89. The van der Waals surface area contributed by atoms with E-state index in [1.165, 1.54) is 0 Å². The number of rotatable bonds is 3. The summed E-state index contributed by atoms with van der Waals surface area (Å²) in [5.74, 6) is -0.473. The van der Waals surface area contributed by atoms with E-state index in [4.69, 9.17) is 11.6 Å². The van der Waals surface area contributed by atoms with Gasteiger partial charge in [-0.3, -0.25) is 9.59 Å². The highest BCUT2D eigenvalue weighted by Crippen LogP contribution is 2.35. The van der Waals surface area contributed by atoms with Gasteiger partial charge in [-0.25, -0.2) is 4.90 Å². The number of hydrogen-bond donors (Lipinski definition) is 0. The Labute approximate surface area is 152 Å². The fraction of sp³-hybridized carbons (Fsp3) is 0.238. The van der Waals surface area contributed by atoms with Gasteiger partial charge >= 0.3 is 0 Å². The SMILES string of the molecule is Cc1ccc(C2=C(Cl)C(=O)N(c3ccc(C(C)C)cc3)C2=O)cc1C. The molecule has 0 saturated carbocycles. The predicted molar refractivity (Wildman–Crippen MR) is 102 cm³/mol. The second-order valence-electron chi connectivity index (χ2n) is 6.68. The second-order valence-corrected chi connectivity index (χ2v) is 7.06. The zero-order chi connectivity index (χ0) is 18.3. The third kappa shape index (κ3) is 3.00. The van der Waals surface area contributed by atoms with Crippen LogP contribution in [0.3, 0.4) is 0 Å². The van der Waals surface area contributed by atoms with Crippen molar-refractivity contribution in [1.29, 1.82) is 0 Å². The summed E-state index contributed by atoms with van der Waals surface area (Å²) >= 11 is 6.24. The van der Waals surface area contributed by atoms with Gasteiger partial charge < -0.3 is 0 Å². The summed E-state index contributed by atoms with van der Waals surface area (Å²) < 4.78 is 0. The summed E-state index contributed by atoms with van der Waals surface area (Å²) in [5, 5.41) is -0.0267. The van der Waals surface area contributed by atoms with Crippen molar-refractivity contribution in [3.8, 4) is 0 Å². The van der Waals surface area contributed by atoms with Gasteiger partial charge in [-0.1, -0.05) is 55.8 Å². The summed E-state index contributed by atoms with van der Waals surface area (Å²) in [6, 6.07) is 13.1. The number of carbonyl (C=O) groups excluding carboxylic acids is 2. The molecule has 2 aromatic carbocycles. The lowest BCUT2D eigenvalue weighted by molar-refractivity contribution is -0.119. The molecule has 0 fully saturated rings. The number of benzene rings is 2. The Hall–Kier alpha value is -2.39. The summed E-state index contributed by atoms with van der Waals surface area (Å²) in [6.45, 7) is 8.16. The zero-order valence-corrected chi connectivity index (χ0v) is 15.5. The first kappa shape index (κ1) is 17.4. The molecule has 128 valence electrons. The topological polar surface area (TPSA) is 37.4 Å². The van der Waals surface area contributed by atoms with Gasteiger partial charge in [-0.2, -0.15) is 0 Å². The third-order valence-electron chi connectivity index (χ3n) is 4.64. The summed E-state index contributed by atoms with van der Waals surface area (Å²) in [4.78, 5) is 26.6. The lowest BCUT2D eigenvalue weighted by Gasteiger charge is -2.16. The quantitative estimate of drug-likeness (QED) is 0.732. The van der Waals surface area contributed by atoms with Crippen LogP contribution in [0.5, 0.6) is 0 Å². The molecule has 0 unspecified atom stereocenters. The molecular weight excluding hydrogens is 334 g/mol. The molecule has 3 nitrogen and oxygen atoms in total. The summed E-state index contributed by atoms with van der Waals surface area (Å²) in [6.07, 6.45) is 0. The minimum Gasteiger partial charge on any atom is -0.268 e. The average molecular weight is 354 g/mol. The minimum absolute atomic E-state index is 0.0267. The number of halogens is 1. The number of anilines is 1. The number of aryl methyl sites for hydroxylation is 2. The molecule has 2 aromatic rings. The predicted octanol–water partition coefficient (Wildman–Crippen LogP) is 4.95. The van der Waals surface area contributed by atoms with E-state index in [0.717, 1.165) is 21.6 Å².